The molecule has 1 aliphatic carbocycles. The van der Waals surface area contributed by atoms with Crippen LogP contribution in [0.1, 0.15) is 29.8 Å². The van der Waals surface area contributed by atoms with E-state index in [-0.39, 0.29) is 17.4 Å². The summed E-state index contributed by atoms with van der Waals surface area (Å²) in [5.74, 6) is 0.373. The number of aromatic nitrogens is 1. The van der Waals surface area contributed by atoms with Crippen LogP contribution in [-0.2, 0) is 0 Å². The number of hydrogen-bond donors (Lipinski definition) is 1. The molecule has 0 spiro atoms. The van der Waals surface area contributed by atoms with Gasteiger partial charge in [0.1, 0.15) is 5.75 Å². The van der Waals surface area contributed by atoms with Crippen LogP contribution in [0.3, 0.4) is 0 Å². The van der Waals surface area contributed by atoms with E-state index in [1.165, 1.54) is 31.5 Å². The molecule has 4 nitrogen and oxygen atoms in total. The minimum absolute atomic E-state index is 0.0482. The van der Waals surface area contributed by atoms with Gasteiger partial charge in [0.05, 0.1) is 0 Å². The molecule has 1 amide bonds. The van der Waals surface area contributed by atoms with Crippen LogP contribution in [0.25, 0.3) is 0 Å². The van der Waals surface area contributed by atoms with Gasteiger partial charge in [-0.15, -0.1) is 0 Å². The van der Waals surface area contributed by atoms with Gasteiger partial charge in [-0.1, -0.05) is 6.42 Å². The first-order valence-corrected chi connectivity index (χ1v) is 5.58. The minimum atomic E-state index is -0.204. The molecule has 0 saturated heterocycles. The van der Waals surface area contributed by atoms with Gasteiger partial charge in [-0.05, 0) is 30.9 Å². The first kappa shape index (κ1) is 10.9. The molecule has 0 aromatic carbocycles. The van der Waals surface area contributed by atoms with Crippen LogP contribution in [0.5, 0.6) is 5.75 Å². The van der Waals surface area contributed by atoms with Crippen LogP contribution >= 0.6 is 0 Å². The van der Waals surface area contributed by atoms with Gasteiger partial charge in [-0.25, -0.2) is 4.98 Å². The third-order valence-corrected chi connectivity index (χ3v) is 3.09. The quantitative estimate of drug-likeness (QED) is 0.842. The Morgan fingerprint density at radius 2 is 2.38 bits per heavy atom. The van der Waals surface area contributed by atoms with Crippen LogP contribution in [0.15, 0.2) is 18.3 Å². The summed E-state index contributed by atoms with van der Waals surface area (Å²) < 4.78 is 0. The first-order valence-electron chi connectivity index (χ1n) is 5.58. The Morgan fingerprint density at radius 3 is 2.94 bits per heavy atom. The Kier molecular flexibility index (Phi) is 3.08. The molecule has 0 unspecified atom stereocenters. The van der Waals surface area contributed by atoms with Crippen molar-refractivity contribution in [3.63, 3.8) is 0 Å². The second-order valence-electron chi connectivity index (χ2n) is 4.35. The summed E-state index contributed by atoms with van der Waals surface area (Å²) in [5, 5.41) is 9.53. The molecular formula is C12H16N2O2. The standard InChI is InChI=1S/C12H16N2O2/c1-14(8-9-4-2-5-9)12(16)11-10(15)6-3-7-13-11/h3,6-7,9,15H,2,4-5,8H2,1H3. The van der Waals surface area contributed by atoms with Gasteiger partial charge in [0.25, 0.3) is 5.91 Å². The highest BCUT2D eigenvalue weighted by Gasteiger charge is 2.23. The zero-order valence-electron chi connectivity index (χ0n) is 9.39. The largest absolute Gasteiger partial charge is 0.505 e. The molecule has 0 aliphatic heterocycles. The molecule has 0 atom stereocenters. The maximum Gasteiger partial charge on any atom is 0.276 e. The summed E-state index contributed by atoms with van der Waals surface area (Å²) in [4.78, 5) is 17.5. The number of carbonyl (C=O) groups is 1. The maximum atomic E-state index is 11.9. The molecule has 1 aliphatic rings. The molecule has 2 rings (SSSR count). The number of aromatic hydroxyl groups is 1. The summed E-state index contributed by atoms with van der Waals surface area (Å²) in [5.41, 5.74) is 0.143. The fourth-order valence-electron chi connectivity index (χ4n) is 1.89. The highest BCUT2D eigenvalue weighted by atomic mass is 16.3. The molecular weight excluding hydrogens is 204 g/mol. The zero-order valence-corrected chi connectivity index (χ0v) is 9.39. The van der Waals surface area contributed by atoms with Crippen LogP contribution in [0.2, 0.25) is 0 Å². The van der Waals surface area contributed by atoms with E-state index < -0.39 is 0 Å². The fourth-order valence-corrected chi connectivity index (χ4v) is 1.89. The summed E-state index contributed by atoms with van der Waals surface area (Å²) in [6.45, 7) is 0.759. The molecule has 16 heavy (non-hydrogen) atoms. The lowest BCUT2D eigenvalue weighted by molar-refractivity contribution is 0.0736. The summed E-state index contributed by atoms with van der Waals surface area (Å²) in [7, 11) is 1.76. The van der Waals surface area contributed by atoms with E-state index in [0.717, 1.165) is 6.54 Å². The SMILES string of the molecule is CN(CC1CCC1)C(=O)c1ncccc1O. The Balaban J connectivity index is 2.03. The van der Waals surface area contributed by atoms with Crippen molar-refractivity contribution < 1.29 is 9.90 Å². The van der Waals surface area contributed by atoms with E-state index >= 15 is 0 Å². The molecule has 86 valence electrons. The summed E-state index contributed by atoms with van der Waals surface area (Å²) in [6.07, 6.45) is 5.18. The van der Waals surface area contributed by atoms with Crippen molar-refractivity contribution in [3.05, 3.63) is 24.0 Å². The van der Waals surface area contributed by atoms with Gasteiger partial charge in [0, 0.05) is 19.8 Å². The monoisotopic (exact) mass is 220 g/mol. The van der Waals surface area contributed by atoms with Crippen LogP contribution in [0.4, 0.5) is 0 Å². The van der Waals surface area contributed by atoms with Gasteiger partial charge < -0.3 is 10.0 Å². The van der Waals surface area contributed by atoms with Gasteiger partial charge in [-0.3, -0.25) is 4.79 Å². The second kappa shape index (κ2) is 4.51. The Labute approximate surface area is 94.9 Å². The van der Waals surface area contributed by atoms with E-state index in [1.807, 2.05) is 0 Å². The Bertz CT molecular complexity index is 388. The van der Waals surface area contributed by atoms with Crippen molar-refractivity contribution in [3.8, 4) is 5.75 Å². The van der Waals surface area contributed by atoms with Crippen molar-refractivity contribution >= 4 is 5.91 Å². The smallest absolute Gasteiger partial charge is 0.276 e. The highest BCUT2D eigenvalue weighted by molar-refractivity contribution is 5.94. The third kappa shape index (κ3) is 2.15. The van der Waals surface area contributed by atoms with E-state index in [2.05, 4.69) is 4.98 Å². The predicted octanol–water partition coefficient (Wildman–Crippen LogP) is 1.66. The van der Waals surface area contributed by atoms with E-state index in [9.17, 15) is 9.90 Å². The molecule has 1 aromatic rings. The van der Waals surface area contributed by atoms with Gasteiger partial charge in [0.2, 0.25) is 0 Å². The van der Waals surface area contributed by atoms with Crippen molar-refractivity contribution in [2.45, 2.75) is 19.3 Å². The second-order valence-corrected chi connectivity index (χ2v) is 4.35. The van der Waals surface area contributed by atoms with Gasteiger partial charge >= 0.3 is 0 Å². The van der Waals surface area contributed by atoms with Crippen molar-refractivity contribution in [1.29, 1.82) is 0 Å². The number of hydrogen-bond acceptors (Lipinski definition) is 3. The molecule has 1 N–H and O–H groups in total. The Hall–Kier alpha value is -1.58. The molecule has 1 heterocycles. The normalized spacial score (nSPS) is 15.6. The van der Waals surface area contributed by atoms with E-state index in [0.29, 0.717) is 5.92 Å². The lowest BCUT2D eigenvalue weighted by Crippen LogP contribution is -2.34. The van der Waals surface area contributed by atoms with Gasteiger partial charge in [0.15, 0.2) is 5.69 Å². The lowest BCUT2D eigenvalue weighted by atomic mass is 9.85. The van der Waals surface area contributed by atoms with Crippen LogP contribution in [-0.4, -0.2) is 34.5 Å². The number of carbonyl (C=O) groups excluding carboxylic acids is 1. The Morgan fingerprint density at radius 1 is 1.62 bits per heavy atom. The van der Waals surface area contributed by atoms with E-state index in [1.54, 1.807) is 18.0 Å². The number of nitrogens with zero attached hydrogens (tertiary/aromatic N) is 2. The third-order valence-electron chi connectivity index (χ3n) is 3.09. The zero-order chi connectivity index (χ0) is 11.5. The van der Waals surface area contributed by atoms with Gasteiger partial charge in [-0.2, -0.15) is 0 Å². The van der Waals surface area contributed by atoms with Crippen molar-refractivity contribution in [2.24, 2.45) is 5.92 Å². The first-order chi connectivity index (χ1) is 7.68. The van der Waals surface area contributed by atoms with Crippen molar-refractivity contribution in [2.75, 3.05) is 13.6 Å². The molecule has 0 radical (unpaired) electrons. The number of pyridine rings is 1. The summed E-state index contributed by atoms with van der Waals surface area (Å²) in [6, 6.07) is 3.09. The lowest BCUT2D eigenvalue weighted by Gasteiger charge is -2.30. The van der Waals surface area contributed by atoms with Crippen LogP contribution < -0.4 is 0 Å². The number of rotatable bonds is 3. The fraction of sp³-hybridized carbons (Fsp3) is 0.500. The topological polar surface area (TPSA) is 53.4 Å². The van der Waals surface area contributed by atoms with E-state index in [4.69, 9.17) is 0 Å². The summed E-state index contributed by atoms with van der Waals surface area (Å²) >= 11 is 0. The molecule has 0 bridgehead atoms. The average Bonchev–Trinajstić information content (AvgIpc) is 2.23. The molecule has 1 aromatic heterocycles. The molecule has 1 saturated carbocycles. The predicted molar refractivity (Wildman–Crippen MR) is 60.2 cm³/mol. The molecule has 4 heteroatoms. The highest BCUT2D eigenvalue weighted by Crippen LogP contribution is 2.27. The number of amides is 1. The van der Waals surface area contributed by atoms with Crippen molar-refractivity contribution in [1.82, 2.24) is 9.88 Å². The molecule has 1 fully saturated rings. The minimum Gasteiger partial charge on any atom is -0.505 e. The maximum absolute atomic E-state index is 11.9. The average molecular weight is 220 g/mol. The van der Waals surface area contributed by atoms with Crippen LogP contribution in [0, 0.1) is 5.92 Å².